The third-order valence-corrected chi connectivity index (χ3v) is 4.19. The summed E-state index contributed by atoms with van der Waals surface area (Å²) < 4.78 is 0. The van der Waals surface area contributed by atoms with Gasteiger partial charge in [0.05, 0.1) is 0 Å². The number of piperidine rings is 1. The minimum atomic E-state index is 0.0481. The van der Waals surface area contributed by atoms with Gasteiger partial charge in [-0.1, -0.05) is 32.0 Å². The maximum Gasteiger partial charge on any atom is 0.253 e. The van der Waals surface area contributed by atoms with Gasteiger partial charge in [0.15, 0.2) is 0 Å². The lowest BCUT2D eigenvalue weighted by molar-refractivity contribution is -0.126. The molecule has 0 aromatic heterocycles. The molecule has 0 aliphatic carbocycles. The largest absolute Gasteiger partial charge is 0.356 e. The highest BCUT2D eigenvalue weighted by molar-refractivity contribution is 5.94. The second kappa shape index (κ2) is 7.97. The summed E-state index contributed by atoms with van der Waals surface area (Å²) in [6.07, 6.45) is 2.52. The van der Waals surface area contributed by atoms with Crippen LogP contribution in [0, 0.1) is 11.8 Å². The van der Waals surface area contributed by atoms with Gasteiger partial charge in [-0.25, -0.2) is 0 Å². The zero-order chi connectivity index (χ0) is 15.9. The van der Waals surface area contributed by atoms with E-state index >= 15 is 0 Å². The molecule has 1 fully saturated rings. The third kappa shape index (κ3) is 4.58. The van der Waals surface area contributed by atoms with Crippen LogP contribution in [0.4, 0.5) is 0 Å². The van der Waals surface area contributed by atoms with Crippen molar-refractivity contribution < 1.29 is 9.59 Å². The van der Waals surface area contributed by atoms with Crippen LogP contribution >= 0.6 is 0 Å². The molecule has 2 amide bonds. The van der Waals surface area contributed by atoms with Gasteiger partial charge in [0, 0.05) is 31.1 Å². The fourth-order valence-electron chi connectivity index (χ4n) is 2.74. The average Bonchev–Trinajstić information content (AvgIpc) is 2.54. The predicted molar refractivity (Wildman–Crippen MR) is 87.5 cm³/mol. The Labute approximate surface area is 132 Å². The lowest BCUT2D eigenvalue weighted by atomic mass is 9.95. The van der Waals surface area contributed by atoms with E-state index in [1.165, 1.54) is 0 Å². The lowest BCUT2D eigenvalue weighted by Crippen LogP contribution is -2.43. The summed E-state index contributed by atoms with van der Waals surface area (Å²) in [4.78, 5) is 26.3. The maximum atomic E-state index is 12.3. The van der Waals surface area contributed by atoms with Crippen LogP contribution in [0.5, 0.6) is 0 Å². The van der Waals surface area contributed by atoms with Crippen molar-refractivity contribution in [2.45, 2.75) is 33.1 Å². The van der Waals surface area contributed by atoms with E-state index in [4.69, 9.17) is 0 Å². The number of rotatable bonds is 5. The van der Waals surface area contributed by atoms with Crippen molar-refractivity contribution in [3.8, 4) is 0 Å². The summed E-state index contributed by atoms with van der Waals surface area (Å²) in [5, 5.41) is 3.02. The number of likely N-dealkylation sites (tertiary alicyclic amines) is 1. The molecule has 0 bridgehead atoms. The number of amides is 2. The second-order valence-electron chi connectivity index (χ2n) is 6.41. The number of carbonyl (C=O) groups excluding carboxylic acids is 2. The van der Waals surface area contributed by atoms with E-state index in [0.29, 0.717) is 19.0 Å². The van der Waals surface area contributed by atoms with Gasteiger partial charge in [-0.15, -0.1) is 0 Å². The Morgan fingerprint density at radius 1 is 1.18 bits per heavy atom. The summed E-state index contributed by atoms with van der Waals surface area (Å²) in [6, 6.07) is 9.34. The number of hydrogen-bond donors (Lipinski definition) is 1. The Hall–Kier alpha value is -1.84. The van der Waals surface area contributed by atoms with Crippen molar-refractivity contribution in [3.63, 3.8) is 0 Å². The van der Waals surface area contributed by atoms with Crippen LogP contribution in [-0.4, -0.2) is 36.3 Å². The number of nitrogens with one attached hydrogen (secondary N) is 1. The van der Waals surface area contributed by atoms with Gasteiger partial charge in [0.25, 0.3) is 5.91 Å². The zero-order valence-corrected chi connectivity index (χ0v) is 13.5. The Kier molecular flexibility index (Phi) is 5.99. The number of benzene rings is 1. The van der Waals surface area contributed by atoms with Crippen LogP contribution in [-0.2, 0) is 4.79 Å². The second-order valence-corrected chi connectivity index (χ2v) is 6.41. The number of carbonyl (C=O) groups is 2. The molecular formula is C18H26N2O2. The van der Waals surface area contributed by atoms with E-state index in [1.54, 1.807) is 0 Å². The normalized spacial score (nSPS) is 15.9. The smallest absolute Gasteiger partial charge is 0.253 e. The van der Waals surface area contributed by atoms with Crippen LogP contribution in [0.15, 0.2) is 30.3 Å². The molecule has 1 aromatic rings. The molecule has 120 valence electrons. The Balaban J connectivity index is 1.78. The third-order valence-electron chi connectivity index (χ3n) is 4.19. The molecule has 0 radical (unpaired) electrons. The van der Waals surface area contributed by atoms with Gasteiger partial charge >= 0.3 is 0 Å². The predicted octanol–water partition coefficient (Wildman–Crippen LogP) is 2.70. The van der Waals surface area contributed by atoms with Crippen LogP contribution in [0.2, 0.25) is 0 Å². The Bertz CT molecular complexity index is 491. The Morgan fingerprint density at radius 3 is 2.41 bits per heavy atom. The molecule has 1 aliphatic heterocycles. The van der Waals surface area contributed by atoms with Crippen LogP contribution in [0.1, 0.15) is 43.5 Å². The van der Waals surface area contributed by atoms with Gasteiger partial charge < -0.3 is 10.2 Å². The first-order valence-corrected chi connectivity index (χ1v) is 8.20. The first-order chi connectivity index (χ1) is 10.6. The molecule has 4 nitrogen and oxygen atoms in total. The molecule has 22 heavy (non-hydrogen) atoms. The van der Waals surface area contributed by atoms with E-state index in [2.05, 4.69) is 19.2 Å². The molecule has 1 aliphatic rings. The van der Waals surface area contributed by atoms with Crippen molar-refractivity contribution in [2.75, 3.05) is 19.6 Å². The highest BCUT2D eigenvalue weighted by Gasteiger charge is 2.27. The average molecular weight is 302 g/mol. The van der Waals surface area contributed by atoms with Gasteiger partial charge in [-0.3, -0.25) is 9.59 Å². The molecule has 2 rings (SSSR count). The molecule has 1 heterocycles. The van der Waals surface area contributed by atoms with Crippen molar-refractivity contribution in [1.29, 1.82) is 0 Å². The molecule has 1 N–H and O–H groups in total. The van der Waals surface area contributed by atoms with Gasteiger partial charge in [0.1, 0.15) is 0 Å². The fourth-order valence-corrected chi connectivity index (χ4v) is 2.74. The summed E-state index contributed by atoms with van der Waals surface area (Å²) in [5.74, 6) is 0.865. The quantitative estimate of drug-likeness (QED) is 0.909. The maximum absolute atomic E-state index is 12.3. The van der Waals surface area contributed by atoms with Gasteiger partial charge in [0.2, 0.25) is 5.91 Å². The monoisotopic (exact) mass is 302 g/mol. The summed E-state index contributed by atoms with van der Waals surface area (Å²) >= 11 is 0. The van der Waals surface area contributed by atoms with Crippen LogP contribution in [0.3, 0.4) is 0 Å². The van der Waals surface area contributed by atoms with Crippen molar-refractivity contribution >= 4 is 11.8 Å². The first kappa shape index (κ1) is 16.5. The minimum absolute atomic E-state index is 0.0481. The van der Waals surface area contributed by atoms with Crippen molar-refractivity contribution in [2.24, 2.45) is 11.8 Å². The fraction of sp³-hybridized carbons (Fsp3) is 0.556. The summed E-state index contributed by atoms with van der Waals surface area (Å²) in [7, 11) is 0. The molecule has 0 atom stereocenters. The van der Waals surface area contributed by atoms with Crippen molar-refractivity contribution in [3.05, 3.63) is 35.9 Å². The molecule has 1 aromatic carbocycles. The highest BCUT2D eigenvalue weighted by atomic mass is 16.2. The van der Waals surface area contributed by atoms with Crippen molar-refractivity contribution in [1.82, 2.24) is 10.2 Å². The SMILES string of the molecule is CC(C)CCNC(=O)C1CCN(C(=O)c2ccccc2)CC1. The minimum Gasteiger partial charge on any atom is -0.356 e. The molecular weight excluding hydrogens is 276 g/mol. The molecule has 0 unspecified atom stereocenters. The molecule has 1 saturated heterocycles. The highest BCUT2D eigenvalue weighted by Crippen LogP contribution is 2.19. The van der Waals surface area contributed by atoms with E-state index in [1.807, 2.05) is 35.2 Å². The number of hydrogen-bond acceptors (Lipinski definition) is 2. The van der Waals surface area contributed by atoms with Gasteiger partial charge in [-0.2, -0.15) is 0 Å². The van der Waals surface area contributed by atoms with E-state index in [0.717, 1.165) is 31.4 Å². The van der Waals surface area contributed by atoms with E-state index < -0.39 is 0 Å². The topological polar surface area (TPSA) is 49.4 Å². The van der Waals surface area contributed by atoms with Gasteiger partial charge in [-0.05, 0) is 37.3 Å². The first-order valence-electron chi connectivity index (χ1n) is 8.20. The molecule has 4 heteroatoms. The van der Waals surface area contributed by atoms with Crippen LogP contribution in [0.25, 0.3) is 0 Å². The summed E-state index contributed by atoms with van der Waals surface area (Å²) in [5.41, 5.74) is 0.724. The Morgan fingerprint density at radius 2 is 1.82 bits per heavy atom. The standard InChI is InChI=1S/C18H26N2O2/c1-14(2)8-11-19-17(21)15-9-12-20(13-10-15)18(22)16-6-4-3-5-7-16/h3-7,14-15H,8-13H2,1-2H3,(H,19,21). The lowest BCUT2D eigenvalue weighted by Gasteiger charge is -2.31. The van der Waals surface area contributed by atoms with E-state index in [-0.39, 0.29) is 17.7 Å². The zero-order valence-electron chi connectivity index (χ0n) is 13.5. The van der Waals surface area contributed by atoms with E-state index in [9.17, 15) is 9.59 Å². The number of nitrogens with zero attached hydrogens (tertiary/aromatic N) is 1. The van der Waals surface area contributed by atoms with Crippen LogP contribution < -0.4 is 5.32 Å². The molecule has 0 saturated carbocycles. The molecule has 0 spiro atoms. The summed E-state index contributed by atoms with van der Waals surface area (Å²) in [6.45, 7) is 6.38.